The van der Waals surface area contributed by atoms with Crippen molar-refractivity contribution in [3.63, 3.8) is 0 Å². The molecule has 0 aromatic heterocycles. The van der Waals surface area contributed by atoms with E-state index in [0.717, 1.165) is 24.7 Å². The molecule has 0 bridgehead atoms. The SMILES string of the molecule is C=C(C)[C@H]1CCC2[C@@H]3CC[C@@H]4CC(C(F)(F)F)CC[C@@H]4C3CC[C@@]21C.CC.CC. The van der Waals surface area contributed by atoms with Gasteiger partial charge in [-0.2, -0.15) is 13.2 Å². The number of rotatable bonds is 1. The predicted molar refractivity (Wildman–Crippen MR) is 118 cm³/mol. The quantitative estimate of drug-likeness (QED) is 0.375. The average Bonchev–Trinajstić information content (AvgIpc) is 3.07. The molecule has 0 aliphatic heterocycles. The van der Waals surface area contributed by atoms with Crippen LogP contribution in [-0.2, 0) is 0 Å². The minimum absolute atomic E-state index is 0.337. The average molecular weight is 415 g/mol. The second-order valence-electron chi connectivity index (χ2n) is 10.0. The lowest BCUT2D eigenvalue weighted by Gasteiger charge is -2.56. The first kappa shape index (κ1) is 24.8. The van der Waals surface area contributed by atoms with E-state index in [1.807, 2.05) is 27.7 Å². The van der Waals surface area contributed by atoms with E-state index in [1.165, 1.54) is 37.7 Å². The predicted octanol–water partition coefficient (Wildman–Crippen LogP) is 9.06. The molecule has 4 saturated carbocycles. The number of allylic oxidation sites excluding steroid dienone is 1. The van der Waals surface area contributed by atoms with Gasteiger partial charge in [-0.25, -0.2) is 0 Å². The Hall–Kier alpha value is -0.470. The zero-order valence-electron chi connectivity index (χ0n) is 19.7. The summed E-state index contributed by atoms with van der Waals surface area (Å²) < 4.78 is 39.5. The first-order valence-corrected chi connectivity index (χ1v) is 12.4. The van der Waals surface area contributed by atoms with Gasteiger partial charge in [0.2, 0.25) is 0 Å². The fourth-order valence-electron chi connectivity index (χ4n) is 7.96. The molecule has 4 aliphatic carbocycles. The van der Waals surface area contributed by atoms with Crippen molar-refractivity contribution in [2.24, 2.45) is 46.8 Å². The van der Waals surface area contributed by atoms with Crippen LogP contribution in [0.25, 0.3) is 0 Å². The van der Waals surface area contributed by atoms with E-state index in [2.05, 4.69) is 20.4 Å². The molecule has 0 amide bonds. The Kier molecular flexibility index (Phi) is 8.36. The van der Waals surface area contributed by atoms with E-state index in [-0.39, 0.29) is 0 Å². The third-order valence-corrected chi connectivity index (χ3v) is 9.01. The van der Waals surface area contributed by atoms with Crippen LogP contribution in [0.4, 0.5) is 13.2 Å². The minimum atomic E-state index is -3.98. The lowest BCUT2D eigenvalue weighted by Crippen LogP contribution is -2.49. The van der Waals surface area contributed by atoms with Crippen LogP contribution in [0, 0.1) is 46.8 Å². The summed E-state index contributed by atoms with van der Waals surface area (Å²) in [5, 5.41) is 0. The molecule has 29 heavy (non-hydrogen) atoms. The first-order chi connectivity index (χ1) is 13.7. The van der Waals surface area contributed by atoms with Gasteiger partial charge in [-0.3, -0.25) is 0 Å². The van der Waals surface area contributed by atoms with Crippen LogP contribution in [-0.4, -0.2) is 6.18 Å². The fraction of sp³-hybridized carbons (Fsp3) is 0.923. The summed E-state index contributed by atoms with van der Waals surface area (Å²) in [7, 11) is 0. The van der Waals surface area contributed by atoms with Gasteiger partial charge < -0.3 is 0 Å². The topological polar surface area (TPSA) is 0 Å². The maximum absolute atomic E-state index is 13.2. The van der Waals surface area contributed by atoms with Crippen LogP contribution in [0.1, 0.15) is 99.3 Å². The van der Waals surface area contributed by atoms with Crippen LogP contribution in [0.15, 0.2) is 12.2 Å². The van der Waals surface area contributed by atoms with Gasteiger partial charge in [0, 0.05) is 0 Å². The number of alkyl halides is 3. The van der Waals surface area contributed by atoms with E-state index in [1.54, 1.807) is 0 Å². The number of hydrogen-bond donors (Lipinski definition) is 0. The standard InChI is InChI=1S/C22H33F3.2C2H6/c1-13(2)19-8-9-20-18-6-4-14-12-15(22(23,24)25)5-7-16(14)17(18)10-11-21(19,20)3;2*1-2/h14-20H,1,4-12H2,2-3H3;2*1-2H3/t14-,15?,16+,17?,18-,19-,20?,21-;;/m1../s1. The highest BCUT2D eigenvalue weighted by molar-refractivity contribution is 5.13. The highest BCUT2D eigenvalue weighted by atomic mass is 19.4. The molecular weight excluding hydrogens is 369 g/mol. The molecule has 0 N–H and O–H groups in total. The molecule has 170 valence electrons. The zero-order chi connectivity index (χ0) is 22.0. The van der Waals surface area contributed by atoms with Crippen molar-refractivity contribution < 1.29 is 13.2 Å². The second kappa shape index (κ2) is 9.77. The third-order valence-electron chi connectivity index (χ3n) is 9.01. The number of hydrogen-bond acceptors (Lipinski definition) is 0. The monoisotopic (exact) mass is 414 g/mol. The highest BCUT2D eigenvalue weighted by Crippen LogP contribution is 2.65. The smallest absolute Gasteiger partial charge is 0.171 e. The van der Waals surface area contributed by atoms with E-state index in [0.29, 0.717) is 41.9 Å². The molecule has 0 aromatic rings. The minimum Gasteiger partial charge on any atom is -0.171 e. The molecule has 0 nitrogen and oxygen atoms in total. The van der Waals surface area contributed by atoms with Crippen molar-refractivity contribution in [1.82, 2.24) is 0 Å². The summed E-state index contributed by atoms with van der Waals surface area (Å²) in [5.74, 6) is 2.81. The molecular formula is C26H45F3. The molecule has 0 heterocycles. The molecule has 3 unspecified atom stereocenters. The summed E-state index contributed by atoms with van der Waals surface area (Å²) >= 11 is 0. The van der Waals surface area contributed by atoms with E-state index < -0.39 is 12.1 Å². The Morgan fingerprint density at radius 2 is 1.45 bits per heavy atom. The highest BCUT2D eigenvalue weighted by Gasteiger charge is 2.57. The largest absolute Gasteiger partial charge is 0.391 e. The van der Waals surface area contributed by atoms with Gasteiger partial charge in [0.05, 0.1) is 5.92 Å². The van der Waals surface area contributed by atoms with Gasteiger partial charge in [-0.1, -0.05) is 46.8 Å². The van der Waals surface area contributed by atoms with Gasteiger partial charge in [0.25, 0.3) is 0 Å². The molecule has 0 saturated heterocycles. The Morgan fingerprint density at radius 3 is 2.03 bits per heavy atom. The molecule has 0 aromatic carbocycles. The van der Waals surface area contributed by atoms with E-state index in [9.17, 15) is 13.2 Å². The van der Waals surface area contributed by atoms with Crippen molar-refractivity contribution in [3.8, 4) is 0 Å². The van der Waals surface area contributed by atoms with Crippen LogP contribution < -0.4 is 0 Å². The van der Waals surface area contributed by atoms with E-state index in [4.69, 9.17) is 0 Å². The van der Waals surface area contributed by atoms with Crippen LogP contribution >= 0.6 is 0 Å². The normalized spacial score (nSPS) is 43.4. The Morgan fingerprint density at radius 1 is 0.828 bits per heavy atom. The first-order valence-electron chi connectivity index (χ1n) is 12.4. The van der Waals surface area contributed by atoms with Gasteiger partial charge in [0.15, 0.2) is 0 Å². The van der Waals surface area contributed by atoms with Crippen molar-refractivity contribution in [2.75, 3.05) is 0 Å². The Labute approximate surface area is 178 Å². The number of fused-ring (bicyclic) bond motifs is 5. The molecule has 4 fully saturated rings. The van der Waals surface area contributed by atoms with Crippen molar-refractivity contribution in [3.05, 3.63) is 12.2 Å². The summed E-state index contributed by atoms with van der Waals surface area (Å²) in [5.41, 5.74) is 1.76. The number of halogens is 3. The van der Waals surface area contributed by atoms with Crippen LogP contribution in [0.5, 0.6) is 0 Å². The van der Waals surface area contributed by atoms with Crippen LogP contribution in [0.2, 0.25) is 0 Å². The summed E-state index contributed by atoms with van der Waals surface area (Å²) in [6.45, 7) is 17.0. The van der Waals surface area contributed by atoms with Gasteiger partial charge >= 0.3 is 6.18 Å². The maximum Gasteiger partial charge on any atom is 0.391 e. The van der Waals surface area contributed by atoms with E-state index >= 15 is 0 Å². The Balaban J connectivity index is 0.000000707. The summed E-state index contributed by atoms with van der Waals surface area (Å²) in [6, 6.07) is 0. The molecule has 4 aliphatic rings. The Bertz CT molecular complexity index is 537. The molecule has 8 atom stereocenters. The molecule has 0 radical (unpaired) electrons. The maximum atomic E-state index is 13.2. The van der Waals surface area contributed by atoms with Crippen molar-refractivity contribution >= 4 is 0 Å². The molecule has 3 heteroatoms. The van der Waals surface area contributed by atoms with Gasteiger partial charge in [-0.15, -0.1) is 0 Å². The van der Waals surface area contributed by atoms with Gasteiger partial charge in [-0.05, 0) is 106 Å². The van der Waals surface area contributed by atoms with Crippen molar-refractivity contribution in [2.45, 2.75) is 106 Å². The summed E-state index contributed by atoms with van der Waals surface area (Å²) in [6.07, 6.45) is 4.97. The third kappa shape index (κ3) is 4.59. The van der Waals surface area contributed by atoms with Crippen molar-refractivity contribution in [1.29, 1.82) is 0 Å². The summed E-state index contributed by atoms with van der Waals surface area (Å²) in [4.78, 5) is 0. The van der Waals surface area contributed by atoms with Crippen LogP contribution in [0.3, 0.4) is 0 Å². The lowest BCUT2D eigenvalue weighted by atomic mass is 9.49. The second-order valence-corrected chi connectivity index (χ2v) is 10.0. The van der Waals surface area contributed by atoms with Gasteiger partial charge in [0.1, 0.15) is 0 Å². The molecule has 4 rings (SSSR count). The molecule has 0 spiro atoms. The fourth-order valence-corrected chi connectivity index (χ4v) is 7.96. The lowest BCUT2D eigenvalue weighted by molar-refractivity contribution is -0.196. The zero-order valence-corrected chi connectivity index (χ0v) is 19.7.